The number of aliphatic hydroxyl groups excluding tert-OH is 1. The minimum Gasteiger partial charge on any atom is -0.391 e. The SMILES string of the molecule is OC1CC2CC(C2)C1N1CCOCC1. The lowest BCUT2D eigenvalue weighted by Gasteiger charge is -2.53. The van der Waals surface area contributed by atoms with E-state index in [0.717, 1.165) is 44.6 Å². The maximum Gasteiger partial charge on any atom is 0.0700 e. The molecule has 4 fully saturated rings. The summed E-state index contributed by atoms with van der Waals surface area (Å²) in [5.74, 6) is 1.62. The molecule has 0 radical (unpaired) electrons. The van der Waals surface area contributed by atoms with Gasteiger partial charge in [0.2, 0.25) is 0 Å². The van der Waals surface area contributed by atoms with Crippen molar-refractivity contribution in [3.05, 3.63) is 0 Å². The quantitative estimate of drug-likeness (QED) is 0.663. The summed E-state index contributed by atoms with van der Waals surface area (Å²) in [6.45, 7) is 3.73. The van der Waals surface area contributed by atoms with Crippen LogP contribution in [0.25, 0.3) is 0 Å². The second-order valence-corrected chi connectivity index (χ2v) is 5.04. The predicted molar refractivity (Wildman–Crippen MR) is 53.0 cm³/mol. The van der Waals surface area contributed by atoms with Gasteiger partial charge < -0.3 is 9.84 Å². The second kappa shape index (κ2) is 3.47. The third-order valence-corrected chi connectivity index (χ3v) is 4.19. The van der Waals surface area contributed by atoms with Gasteiger partial charge in [0.1, 0.15) is 0 Å². The zero-order chi connectivity index (χ0) is 9.54. The van der Waals surface area contributed by atoms with E-state index in [1.807, 2.05) is 0 Å². The van der Waals surface area contributed by atoms with Crippen molar-refractivity contribution in [2.45, 2.75) is 31.4 Å². The smallest absolute Gasteiger partial charge is 0.0700 e. The highest BCUT2D eigenvalue weighted by Gasteiger charge is 2.47. The molecule has 0 aromatic carbocycles. The van der Waals surface area contributed by atoms with Crippen molar-refractivity contribution in [1.82, 2.24) is 4.90 Å². The van der Waals surface area contributed by atoms with Crippen LogP contribution in [0.15, 0.2) is 0 Å². The normalized spacial score (nSPS) is 48.6. The first-order valence-electron chi connectivity index (χ1n) is 5.84. The van der Waals surface area contributed by atoms with Crippen LogP contribution in [0.3, 0.4) is 0 Å². The summed E-state index contributed by atoms with van der Waals surface area (Å²) >= 11 is 0. The van der Waals surface area contributed by atoms with Gasteiger partial charge in [-0.05, 0) is 31.1 Å². The van der Waals surface area contributed by atoms with Crippen molar-refractivity contribution >= 4 is 0 Å². The van der Waals surface area contributed by atoms with Crippen molar-refractivity contribution in [1.29, 1.82) is 0 Å². The predicted octanol–water partition coefficient (Wildman–Crippen LogP) is 0.478. The van der Waals surface area contributed by atoms with Gasteiger partial charge >= 0.3 is 0 Å². The number of nitrogens with zero attached hydrogens (tertiary/aromatic N) is 1. The minimum absolute atomic E-state index is 0.0643. The first kappa shape index (κ1) is 9.13. The number of fused-ring (bicyclic) bond motifs is 2. The Balaban J connectivity index is 1.68. The van der Waals surface area contributed by atoms with Gasteiger partial charge in [-0.25, -0.2) is 0 Å². The van der Waals surface area contributed by atoms with Crippen LogP contribution in [0.2, 0.25) is 0 Å². The van der Waals surface area contributed by atoms with E-state index < -0.39 is 0 Å². The fourth-order valence-electron chi connectivity index (χ4n) is 3.47. The molecule has 2 bridgehead atoms. The number of hydrogen-bond donors (Lipinski definition) is 1. The lowest BCUT2D eigenvalue weighted by molar-refractivity contribution is -0.109. The van der Waals surface area contributed by atoms with Crippen LogP contribution in [-0.2, 0) is 4.74 Å². The van der Waals surface area contributed by atoms with E-state index in [-0.39, 0.29) is 6.10 Å². The average molecular weight is 197 g/mol. The Hall–Kier alpha value is -0.120. The van der Waals surface area contributed by atoms with Crippen LogP contribution in [0, 0.1) is 11.8 Å². The number of aliphatic hydroxyl groups is 1. The Morgan fingerprint density at radius 2 is 1.79 bits per heavy atom. The lowest BCUT2D eigenvalue weighted by Crippen LogP contribution is -2.59. The zero-order valence-corrected chi connectivity index (χ0v) is 8.56. The van der Waals surface area contributed by atoms with Crippen molar-refractivity contribution < 1.29 is 9.84 Å². The molecule has 2 unspecified atom stereocenters. The number of ether oxygens (including phenoxy) is 1. The van der Waals surface area contributed by atoms with Crippen molar-refractivity contribution in [2.75, 3.05) is 26.3 Å². The molecule has 3 nitrogen and oxygen atoms in total. The van der Waals surface area contributed by atoms with Crippen LogP contribution in [-0.4, -0.2) is 48.5 Å². The highest BCUT2D eigenvalue weighted by molar-refractivity contribution is 5.00. The maximum atomic E-state index is 10.0. The Labute approximate surface area is 85.0 Å². The number of rotatable bonds is 1. The highest BCUT2D eigenvalue weighted by Crippen LogP contribution is 2.47. The van der Waals surface area contributed by atoms with E-state index in [2.05, 4.69) is 4.90 Å². The highest BCUT2D eigenvalue weighted by atomic mass is 16.5. The molecule has 3 saturated carbocycles. The lowest BCUT2D eigenvalue weighted by atomic mass is 9.61. The molecule has 0 amide bonds. The van der Waals surface area contributed by atoms with E-state index in [1.165, 1.54) is 12.8 Å². The number of morpholine rings is 1. The van der Waals surface area contributed by atoms with Crippen LogP contribution < -0.4 is 0 Å². The third-order valence-electron chi connectivity index (χ3n) is 4.19. The fraction of sp³-hybridized carbons (Fsp3) is 1.00. The van der Waals surface area contributed by atoms with E-state index in [4.69, 9.17) is 4.74 Å². The molecular formula is C11H19NO2. The molecule has 0 spiro atoms. The Morgan fingerprint density at radius 3 is 2.43 bits per heavy atom. The molecule has 3 aliphatic carbocycles. The Bertz CT molecular complexity index is 207. The molecule has 14 heavy (non-hydrogen) atoms. The largest absolute Gasteiger partial charge is 0.391 e. The van der Waals surface area contributed by atoms with Gasteiger partial charge in [0.25, 0.3) is 0 Å². The molecule has 0 aromatic heterocycles. The third kappa shape index (κ3) is 1.38. The van der Waals surface area contributed by atoms with Crippen LogP contribution >= 0.6 is 0 Å². The molecule has 2 atom stereocenters. The van der Waals surface area contributed by atoms with Gasteiger partial charge in [-0.2, -0.15) is 0 Å². The summed E-state index contributed by atoms with van der Waals surface area (Å²) in [7, 11) is 0. The Kier molecular flexibility index (Phi) is 2.26. The van der Waals surface area contributed by atoms with Gasteiger partial charge in [0.05, 0.1) is 19.3 Å². The average Bonchev–Trinajstić information content (AvgIpc) is 2.17. The second-order valence-electron chi connectivity index (χ2n) is 5.04. The summed E-state index contributed by atoms with van der Waals surface area (Å²) in [6, 6.07) is 0.448. The van der Waals surface area contributed by atoms with Gasteiger partial charge in [-0.3, -0.25) is 4.90 Å². The zero-order valence-electron chi connectivity index (χ0n) is 8.56. The molecular weight excluding hydrogens is 178 g/mol. The van der Waals surface area contributed by atoms with E-state index in [9.17, 15) is 5.11 Å². The summed E-state index contributed by atoms with van der Waals surface area (Å²) in [5.41, 5.74) is 0. The molecule has 1 heterocycles. The molecule has 0 aromatic rings. The van der Waals surface area contributed by atoms with Crippen LogP contribution in [0.1, 0.15) is 19.3 Å². The van der Waals surface area contributed by atoms with Gasteiger partial charge in [-0.15, -0.1) is 0 Å². The molecule has 1 N–H and O–H groups in total. The molecule has 1 aliphatic heterocycles. The van der Waals surface area contributed by atoms with Gasteiger partial charge in [0, 0.05) is 19.1 Å². The number of hydrogen-bond acceptors (Lipinski definition) is 3. The monoisotopic (exact) mass is 197 g/mol. The topological polar surface area (TPSA) is 32.7 Å². The summed E-state index contributed by atoms with van der Waals surface area (Å²) < 4.78 is 5.35. The maximum absolute atomic E-state index is 10.0. The van der Waals surface area contributed by atoms with Crippen molar-refractivity contribution in [3.8, 4) is 0 Å². The van der Waals surface area contributed by atoms with Gasteiger partial charge in [-0.1, -0.05) is 0 Å². The molecule has 4 aliphatic rings. The van der Waals surface area contributed by atoms with Gasteiger partial charge in [0.15, 0.2) is 0 Å². The summed E-state index contributed by atoms with van der Waals surface area (Å²) in [5, 5.41) is 10.0. The van der Waals surface area contributed by atoms with E-state index in [1.54, 1.807) is 0 Å². The standard InChI is InChI=1S/C11H19NO2/c13-10-7-8-5-9(6-8)11(10)12-1-3-14-4-2-12/h8-11,13H,1-7H2. The fourth-order valence-corrected chi connectivity index (χ4v) is 3.47. The van der Waals surface area contributed by atoms with Crippen molar-refractivity contribution in [3.63, 3.8) is 0 Å². The van der Waals surface area contributed by atoms with Crippen LogP contribution in [0.5, 0.6) is 0 Å². The Morgan fingerprint density at radius 1 is 1.07 bits per heavy atom. The first-order chi connectivity index (χ1) is 6.84. The van der Waals surface area contributed by atoms with Crippen LogP contribution in [0.4, 0.5) is 0 Å². The van der Waals surface area contributed by atoms with Crippen molar-refractivity contribution in [2.24, 2.45) is 11.8 Å². The van der Waals surface area contributed by atoms with E-state index in [0.29, 0.717) is 6.04 Å². The summed E-state index contributed by atoms with van der Waals surface area (Å²) in [4.78, 5) is 2.45. The molecule has 3 heteroatoms. The molecule has 1 saturated heterocycles. The summed E-state index contributed by atoms with van der Waals surface area (Å²) in [6.07, 6.45) is 3.70. The first-order valence-corrected chi connectivity index (χ1v) is 5.84. The minimum atomic E-state index is -0.0643. The molecule has 4 rings (SSSR count). The molecule has 80 valence electrons. The van der Waals surface area contributed by atoms with E-state index >= 15 is 0 Å².